The van der Waals surface area contributed by atoms with Gasteiger partial charge in [-0.15, -0.1) is 0 Å². The molecule has 39 heavy (non-hydrogen) atoms. The maximum Gasteiger partial charge on any atom is 0.335 e. The van der Waals surface area contributed by atoms with Gasteiger partial charge in [-0.3, -0.25) is 4.79 Å². The first-order valence-electron chi connectivity index (χ1n) is 12.3. The fourth-order valence-corrected chi connectivity index (χ4v) is 4.31. The summed E-state index contributed by atoms with van der Waals surface area (Å²) in [6, 6.07) is 19.4. The molecule has 1 heterocycles. The normalized spacial score (nSPS) is 11.2. The quantitative estimate of drug-likeness (QED) is 0.163. The number of aromatic carboxylic acids is 1. The second-order valence-corrected chi connectivity index (χ2v) is 9.00. The van der Waals surface area contributed by atoms with Crippen molar-refractivity contribution in [3.05, 3.63) is 99.7 Å². The van der Waals surface area contributed by atoms with E-state index >= 15 is 0 Å². The van der Waals surface area contributed by atoms with Crippen LogP contribution in [0, 0.1) is 11.3 Å². The summed E-state index contributed by atoms with van der Waals surface area (Å²) in [7, 11) is 0. The molecule has 0 fully saturated rings. The van der Waals surface area contributed by atoms with E-state index in [1.807, 2.05) is 43.5 Å². The van der Waals surface area contributed by atoms with Gasteiger partial charge in [0.2, 0.25) is 0 Å². The van der Waals surface area contributed by atoms with Crippen molar-refractivity contribution in [2.75, 3.05) is 13.2 Å². The number of amides is 1. The van der Waals surface area contributed by atoms with E-state index in [0.29, 0.717) is 36.6 Å². The van der Waals surface area contributed by atoms with Gasteiger partial charge in [-0.1, -0.05) is 41.9 Å². The summed E-state index contributed by atoms with van der Waals surface area (Å²) in [6.07, 6.45) is 3.98. The van der Waals surface area contributed by atoms with Crippen LogP contribution in [0.3, 0.4) is 0 Å². The lowest BCUT2D eigenvalue weighted by atomic mass is 10.1. The second-order valence-electron chi connectivity index (χ2n) is 8.59. The van der Waals surface area contributed by atoms with Gasteiger partial charge in [0.05, 0.1) is 17.2 Å². The zero-order valence-electron chi connectivity index (χ0n) is 21.2. The number of nitriles is 1. The number of hydrogen-bond donors (Lipinski definition) is 3. The predicted octanol–water partition coefficient (Wildman–Crippen LogP) is 5.76. The highest BCUT2D eigenvalue weighted by Crippen LogP contribution is 2.38. The lowest BCUT2D eigenvalue weighted by Gasteiger charge is -2.15. The predicted molar refractivity (Wildman–Crippen MR) is 149 cm³/mol. The van der Waals surface area contributed by atoms with Gasteiger partial charge < -0.3 is 24.9 Å². The number of nitrogens with zero attached hydrogens (tertiary/aromatic N) is 1. The molecule has 9 heteroatoms. The number of carboxylic acids is 1. The molecular formula is C30H26ClN3O5. The lowest BCUT2D eigenvalue weighted by molar-refractivity contribution is -0.117. The molecule has 4 aromatic rings. The van der Waals surface area contributed by atoms with E-state index in [1.54, 1.807) is 24.3 Å². The SMILES string of the molecule is CCOc1cc(C=C(C#N)C(=O)NCCc2c[nH]c3ccccc23)cc(Cl)c1OCc1ccc(C(=O)O)cc1. The Morgan fingerprint density at radius 3 is 2.62 bits per heavy atom. The van der Waals surface area contributed by atoms with E-state index in [9.17, 15) is 14.9 Å². The van der Waals surface area contributed by atoms with Crippen molar-refractivity contribution in [1.82, 2.24) is 10.3 Å². The largest absolute Gasteiger partial charge is 0.490 e. The smallest absolute Gasteiger partial charge is 0.335 e. The summed E-state index contributed by atoms with van der Waals surface area (Å²) in [5.74, 6) is -0.834. The molecule has 0 aliphatic heterocycles. The van der Waals surface area contributed by atoms with Crippen LogP contribution in [-0.2, 0) is 17.8 Å². The molecule has 0 radical (unpaired) electrons. The Morgan fingerprint density at radius 1 is 1.13 bits per heavy atom. The molecule has 1 aromatic heterocycles. The summed E-state index contributed by atoms with van der Waals surface area (Å²) < 4.78 is 11.6. The van der Waals surface area contributed by atoms with Crippen LogP contribution in [0.1, 0.15) is 34.0 Å². The van der Waals surface area contributed by atoms with Gasteiger partial charge in [0, 0.05) is 23.6 Å². The Balaban J connectivity index is 1.45. The van der Waals surface area contributed by atoms with Crippen LogP contribution in [0.5, 0.6) is 11.5 Å². The summed E-state index contributed by atoms with van der Waals surface area (Å²) in [4.78, 5) is 27.0. The summed E-state index contributed by atoms with van der Waals surface area (Å²) in [5.41, 5.74) is 3.47. The Kier molecular flexibility index (Phi) is 8.87. The Hall–Kier alpha value is -4.74. The van der Waals surface area contributed by atoms with E-state index in [1.165, 1.54) is 18.2 Å². The highest BCUT2D eigenvalue weighted by atomic mass is 35.5. The van der Waals surface area contributed by atoms with Gasteiger partial charge in [0.25, 0.3) is 5.91 Å². The van der Waals surface area contributed by atoms with Gasteiger partial charge in [0.15, 0.2) is 11.5 Å². The molecule has 8 nitrogen and oxygen atoms in total. The van der Waals surface area contributed by atoms with Gasteiger partial charge in [-0.05, 0) is 66.4 Å². The van der Waals surface area contributed by atoms with E-state index in [2.05, 4.69) is 10.3 Å². The zero-order chi connectivity index (χ0) is 27.8. The lowest BCUT2D eigenvalue weighted by Crippen LogP contribution is -2.26. The number of para-hydroxylation sites is 1. The van der Waals surface area contributed by atoms with E-state index in [0.717, 1.165) is 22.0 Å². The van der Waals surface area contributed by atoms with Crippen molar-refractivity contribution >= 4 is 40.5 Å². The van der Waals surface area contributed by atoms with Crippen LogP contribution >= 0.6 is 11.6 Å². The molecule has 0 atom stereocenters. The Labute approximate surface area is 230 Å². The van der Waals surface area contributed by atoms with Crippen molar-refractivity contribution in [2.24, 2.45) is 0 Å². The number of aromatic nitrogens is 1. The molecule has 0 bridgehead atoms. The number of benzene rings is 3. The first-order chi connectivity index (χ1) is 18.9. The van der Waals surface area contributed by atoms with Crippen LogP contribution in [-0.4, -0.2) is 35.1 Å². The van der Waals surface area contributed by atoms with Gasteiger partial charge >= 0.3 is 5.97 Å². The number of fused-ring (bicyclic) bond motifs is 1. The molecule has 0 aliphatic carbocycles. The molecule has 0 spiro atoms. The number of carbonyl (C=O) groups is 2. The number of H-pyrrole nitrogens is 1. The van der Waals surface area contributed by atoms with E-state index < -0.39 is 11.9 Å². The average Bonchev–Trinajstić information content (AvgIpc) is 3.34. The summed E-state index contributed by atoms with van der Waals surface area (Å²) in [5, 5.41) is 22.8. The molecule has 1 amide bonds. The first kappa shape index (κ1) is 27.3. The third kappa shape index (κ3) is 6.78. The number of ether oxygens (including phenoxy) is 2. The monoisotopic (exact) mass is 543 g/mol. The number of carboxylic acid groups (broad SMARTS) is 1. The van der Waals surface area contributed by atoms with Crippen LogP contribution in [0.2, 0.25) is 5.02 Å². The molecule has 4 rings (SSSR count). The topological polar surface area (TPSA) is 124 Å². The van der Waals surface area contributed by atoms with Crippen LogP contribution in [0.4, 0.5) is 0 Å². The number of carbonyl (C=O) groups excluding carboxylic acids is 1. The summed E-state index contributed by atoms with van der Waals surface area (Å²) >= 11 is 6.50. The molecule has 198 valence electrons. The molecule has 0 saturated carbocycles. The fourth-order valence-electron chi connectivity index (χ4n) is 4.03. The molecule has 3 aromatic carbocycles. The van der Waals surface area contributed by atoms with Crippen LogP contribution in [0.15, 0.2) is 72.4 Å². The maximum absolute atomic E-state index is 12.7. The van der Waals surface area contributed by atoms with Gasteiger partial charge in [-0.2, -0.15) is 5.26 Å². The highest BCUT2D eigenvalue weighted by molar-refractivity contribution is 6.32. The standard InChI is InChI=1S/C30H26ClN3O5/c1-2-38-27-15-20(14-25(31)28(27)39-18-19-7-9-21(10-8-19)30(36)37)13-23(16-32)29(35)33-12-11-22-17-34-26-6-4-3-5-24(22)26/h3-10,13-15,17,34H,2,11-12,18H2,1H3,(H,33,35)(H,36,37). The number of nitrogens with one attached hydrogen (secondary N) is 2. The number of hydrogen-bond acceptors (Lipinski definition) is 5. The Morgan fingerprint density at radius 2 is 1.90 bits per heavy atom. The van der Waals surface area contributed by atoms with Crippen molar-refractivity contribution in [3.63, 3.8) is 0 Å². The van der Waals surface area contributed by atoms with Crippen molar-refractivity contribution < 1.29 is 24.2 Å². The molecule has 0 aliphatic rings. The average molecular weight is 544 g/mol. The molecule has 0 unspecified atom stereocenters. The van der Waals surface area contributed by atoms with Crippen molar-refractivity contribution in [3.8, 4) is 17.6 Å². The van der Waals surface area contributed by atoms with Crippen LogP contribution < -0.4 is 14.8 Å². The third-order valence-electron chi connectivity index (χ3n) is 5.95. The molecular weight excluding hydrogens is 518 g/mol. The van der Waals surface area contributed by atoms with Crippen molar-refractivity contribution in [1.29, 1.82) is 5.26 Å². The Bertz CT molecular complexity index is 1570. The third-order valence-corrected chi connectivity index (χ3v) is 6.23. The molecule has 3 N–H and O–H groups in total. The highest BCUT2D eigenvalue weighted by Gasteiger charge is 2.15. The number of aromatic amines is 1. The number of halogens is 1. The maximum atomic E-state index is 12.7. The van der Waals surface area contributed by atoms with Crippen molar-refractivity contribution in [2.45, 2.75) is 20.0 Å². The second kappa shape index (κ2) is 12.7. The fraction of sp³-hybridized carbons (Fsp3) is 0.167. The van der Waals surface area contributed by atoms with Crippen LogP contribution in [0.25, 0.3) is 17.0 Å². The minimum Gasteiger partial charge on any atom is -0.490 e. The van der Waals surface area contributed by atoms with E-state index in [-0.39, 0.29) is 22.8 Å². The number of rotatable bonds is 11. The first-order valence-corrected chi connectivity index (χ1v) is 12.6. The summed E-state index contributed by atoms with van der Waals surface area (Å²) in [6.45, 7) is 2.65. The zero-order valence-corrected chi connectivity index (χ0v) is 21.9. The minimum absolute atomic E-state index is 0.0698. The van der Waals surface area contributed by atoms with E-state index in [4.69, 9.17) is 26.2 Å². The minimum atomic E-state index is -1.01. The van der Waals surface area contributed by atoms with Gasteiger partial charge in [0.1, 0.15) is 18.2 Å². The van der Waals surface area contributed by atoms with Gasteiger partial charge in [-0.25, -0.2) is 4.79 Å². The molecule has 0 saturated heterocycles.